The zero-order chi connectivity index (χ0) is 17.9. The zero-order valence-corrected chi connectivity index (χ0v) is 13.8. The molecule has 0 fully saturated rings. The van der Waals surface area contributed by atoms with Crippen molar-refractivity contribution < 1.29 is 9.15 Å². The van der Waals surface area contributed by atoms with Crippen molar-refractivity contribution in [1.82, 2.24) is 25.1 Å². The van der Waals surface area contributed by atoms with Crippen molar-refractivity contribution in [3.8, 4) is 40.0 Å². The Hall–Kier alpha value is -3.81. The molecular formula is C18H14N6O2. The lowest BCUT2D eigenvalue weighted by Crippen LogP contribution is -2.00. The first kappa shape index (κ1) is 15.7. The number of rotatable bonds is 4. The Morgan fingerprint density at radius 1 is 1.00 bits per heavy atom. The van der Waals surface area contributed by atoms with Crippen LogP contribution < -0.4 is 10.5 Å². The maximum atomic E-state index is 5.97. The number of pyridine rings is 1. The van der Waals surface area contributed by atoms with E-state index in [0.717, 1.165) is 11.1 Å². The molecule has 8 heteroatoms. The first-order chi connectivity index (χ1) is 12.8. The van der Waals surface area contributed by atoms with Crippen LogP contribution in [0, 0.1) is 0 Å². The van der Waals surface area contributed by atoms with E-state index in [4.69, 9.17) is 14.9 Å². The number of nitrogen functional groups attached to an aromatic ring is 1. The van der Waals surface area contributed by atoms with Gasteiger partial charge in [0, 0.05) is 17.3 Å². The molecule has 0 aliphatic rings. The Balaban J connectivity index is 1.77. The minimum Gasteiger partial charge on any atom is -0.494 e. The molecule has 0 amide bonds. The SMILES string of the molecule is COc1cnccc1-c1cnc(N)c(-c2nnc(-c3ccccc3)o2)n1. The molecule has 0 spiro atoms. The van der Waals surface area contributed by atoms with E-state index >= 15 is 0 Å². The number of benzene rings is 1. The number of nitrogens with two attached hydrogens (primary N) is 1. The number of nitrogens with zero attached hydrogens (tertiary/aromatic N) is 5. The molecule has 26 heavy (non-hydrogen) atoms. The van der Waals surface area contributed by atoms with Gasteiger partial charge in [0.05, 0.1) is 25.2 Å². The molecule has 1 aromatic carbocycles. The summed E-state index contributed by atoms with van der Waals surface area (Å²) >= 11 is 0. The molecule has 0 atom stereocenters. The fourth-order valence-corrected chi connectivity index (χ4v) is 2.46. The van der Waals surface area contributed by atoms with Crippen LogP contribution in [0.3, 0.4) is 0 Å². The summed E-state index contributed by atoms with van der Waals surface area (Å²) in [6.07, 6.45) is 4.81. The van der Waals surface area contributed by atoms with Gasteiger partial charge in [-0.2, -0.15) is 0 Å². The number of hydrogen-bond donors (Lipinski definition) is 1. The first-order valence-corrected chi connectivity index (χ1v) is 7.76. The highest BCUT2D eigenvalue weighted by Gasteiger charge is 2.17. The average Bonchev–Trinajstić information content (AvgIpc) is 3.19. The number of anilines is 1. The Morgan fingerprint density at radius 2 is 1.81 bits per heavy atom. The molecule has 0 bridgehead atoms. The van der Waals surface area contributed by atoms with Gasteiger partial charge in [-0.05, 0) is 18.2 Å². The molecule has 8 nitrogen and oxygen atoms in total. The molecule has 2 N–H and O–H groups in total. The summed E-state index contributed by atoms with van der Waals surface area (Å²) in [4.78, 5) is 12.8. The predicted molar refractivity (Wildman–Crippen MR) is 95.0 cm³/mol. The summed E-state index contributed by atoms with van der Waals surface area (Å²) in [7, 11) is 1.57. The molecule has 0 aliphatic carbocycles. The smallest absolute Gasteiger partial charge is 0.270 e. The summed E-state index contributed by atoms with van der Waals surface area (Å²) in [6.45, 7) is 0. The van der Waals surface area contributed by atoms with E-state index in [9.17, 15) is 0 Å². The summed E-state index contributed by atoms with van der Waals surface area (Å²) in [5.74, 6) is 1.36. The van der Waals surface area contributed by atoms with Crippen LogP contribution in [-0.2, 0) is 0 Å². The zero-order valence-electron chi connectivity index (χ0n) is 13.8. The van der Waals surface area contributed by atoms with Crippen molar-refractivity contribution in [2.75, 3.05) is 12.8 Å². The monoisotopic (exact) mass is 346 g/mol. The van der Waals surface area contributed by atoms with Crippen LogP contribution >= 0.6 is 0 Å². The second kappa shape index (κ2) is 6.60. The van der Waals surface area contributed by atoms with Crippen molar-refractivity contribution in [3.63, 3.8) is 0 Å². The largest absolute Gasteiger partial charge is 0.494 e. The molecule has 0 saturated heterocycles. The van der Waals surface area contributed by atoms with Gasteiger partial charge < -0.3 is 14.9 Å². The number of hydrogen-bond acceptors (Lipinski definition) is 8. The topological polar surface area (TPSA) is 113 Å². The number of aromatic nitrogens is 5. The van der Waals surface area contributed by atoms with Crippen LogP contribution in [-0.4, -0.2) is 32.3 Å². The molecular weight excluding hydrogens is 332 g/mol. The van der Waals surface area contributed by atoms with E-state index in [-0.39, 0.29) is 11.7 Å². The maximum absolute atomic E-state index is 5.97. The first-order valence-electron chi connectivity index (χ1n) is 7.76. The standard InChI is InChI=1S/C18H14N6O2/c1-25-14-10-20-8-7-12(14)13-9-21-16(19)15(22-13)18-24-23-17(26-18)11-5-3-2-4-6-11/h2-10H,1H3,(H2,19,21). The minimum absolute atomic E-state index is 0.198. The van der Waals surface area contributed by atoms with Gasteiger partial charge in [0.1, 0.15) is 5.75 Å². The Kier molecular flexibility index (Phi) is 3.98. The van der Waals surface area contributed by atoms with Crippen molar-refractivity contribution in [3.05, 3.63) is 55.0 Å². The van der Waals surface area contributed by atoms with Gasteiger partial charge in [0.15, 0.2) is 11.5 Å². The fraction of sp³-hybridized carbons (Fsp3) is 0.0556. The summed E-state index contributed by atoms with van der Waals surface area (Å²) in [6, 6.07) is 11.2. The molecule has 0 radical (unpaired) electrons. The van der Waals surface area contributed by atoms with E-state index in [0.29, 0.717) is 23.0 Å². The predicted octanol–water partition coefficient (Wildman–Crippen LogP) is 2.85. The lowest BCUT2D eigenvalue weighted by molar-refractivity contribution is 0.414. The van der Waals surface area contributed by atoms with E-state index in [2.05, 4.69) is 25.1 Å². The average molecular weight is 346 g/mol. The van der Waals surface area contributed by atoms with Crippen LogP contribution in [0.15, 0.2) is 59.4 Å². The van der Waals surface area contributed by atoms with Gasteiger partial charge in [-0.25, -0.2) is 9.97 Å². The molecule has 3 aromatic heterocycles. The third kappa shape index (κ3) is 2.84. The number of methoxy groups -OCH3 is 1. The Labute approximate surface area is 148 Å². The van der Waals surface area contributed by atoms with E-state index in [1.807, 2.05) is 30.3 Å². The van der Waals surface area contributed by atoms with Crippen molar-refractivity contribution in [1.29, 1.82) is 0 Å². The lowest BCUT2D eigenvalue weighted by atomic mass is 10.2. The van der Waals surface area contributed by atoms with Crippen LogP contribution in [0.4, 0.5) is 5.82 Å². The quantitative estimate of drug-likeness (QED) is 0.600. The molecule has 0 saturated carbocycles. The maximum Gasteiger partial charge on any atom is 0.270 e. The Bertz CT molecular complexity index is 1050. The fourth-order valence-electron chi connectivity index (χ4n) is 2.46. The van der Waals surface area contributed by atoms with Gasteiger partial charge >= 0.3 is 0 Å². The van der Waals surface area contributed by atoms with Gasteiger partial charge in [-0.3, -0.25) is 4.98 Å². The molecule has 3 heterocycles. The van der Waals surface area contributed by atoms with Gasteiger partial charge in [-0.1, -0.05) is 18.2 Å². The van der Waals surface area contributed by atoms with Crippen molar-refractivity contribution in [2.24, 2.45) is 0 Å². The van der Waals surface area contributed by atoms with Crippen LogP contribution in [0.25, 0.3) is 34.3 Å². The van der Waals surface area contributed by atoms with Crippen LogP contribution in [0.5, 0.6) is 5.75 Å². The highest BCUT2D eigenvalue weighted by molar-refractivity contribution is 5.71. The third-order valence-electron chi connectivity index (χ3n) is 3.73. The highest BCUT2D eigenvalue weighted by Crippen LogP contribution is 2.31. The van der Waals surface area contributed by atoms with Gasteiger partial charge in [0.25, 0.3) is 5.89 Å². The van der Waals surface area contributed by atoms with E-state index in [1.165, 1.54) is 0 Å². The number of ether oxygens (including phenoxy) is 1. The third-order valence-corrected chi connectivity index (χ3v) is 3.73. The summed E-state index contributed by atoms with van der Waals surface area (Å²) < 4.78 is 11.1. The molecule has 0 aliphatic heterocycles. The van der Waals surface area contributed by atoms with E-state index < -0.39 is 0 Å². The van der Waals surface area contributed by atoms with Crippen molar-refractivity contribution in [2.45, 2.75) is 0 Å². The molecule has 4 rings (SSSR count). The lowest BCUT2D eigenvalue weighted by Gasteiger charge is -2.08. The van der Waals surface area contributed by atoms with Crippen LogP contribution in [0.1, 0.15) is 0 Å². The van der Waals surface area contributed by atoms with Gasteiger partial charge in [-0.15, -0.1) is 10.2 Å². The van der Waals surface area contributed by atoms with Crippen LogP contribution in [0.2, 0.25) is 0 Å². The highest BCUT2D eigenvalue weighted by atomic mass is 16.5. The van der Waals surface area contributed by atoms with Crippen molar-refractivity contribution >= 4 is 5.82 Å². The van der Waals surface area contributed by atoms with E-state index in [1.54, 1.807) is 31.8 Å². The second-order valence-corrected chi connectivity index (χ2v) is 5.34. The second-order valence-electron chi connectivity index (χ2n) is 5.34. The minimum atomic E-state index is 0.198. The van der Waals surface area contributed by atoms with Gasteiger partial charge in [0.2, 0.25) is 5.89 Å². The Morgan fingerprint density at radius 3 is 2.62 bits per heavy atom. The molecule has 128 valence electrons. The molecule has 0 unspecified atom stereocenters. The molecule has 4 aromatic rings. The summed E-state index contributed by atoms with van der Waals surface area (Å²) in [5, 5.41) is 8.12. The summed E-state index contributed by atoms with van der Waals surface area (Å²) in [5.41, 5.74) is 8.40. The normalized spacial score (nSPS) is 10.7.